The van der Waals surface area contributed by atoms with Crippen LogP contribution in [0.4, 0.5) is 15.3 Å². The Kier molecular flexibility index (Phi) is 10.3. The maximum atomic E-state index is 14.2. The maximum absolute atomic E-state index is 14.2. The minimum Gasteiger partial charge on any atom is -0.479 e. The lowest BCUT2D eigenvalue weighted by atomic mass is 9.97. The van der Waals surface area contributed by atoms with E-state index in [2.05, 4.69) is 10.6 Å². The lowest BCUT2D eigenvalue weighted by molar-refractivity contribution is -0.145. The number of nitrogens with one attached hydrogen (secondary N) is 2. The number of aliphatic carboxylic acids is 1. The summed E-state index contributed by atoms with van der Waals surface area (Å²) in [5.74, 6) is -2.64. The summed E-state index contributed by atoms with van der Waals surface area (Å²) in [6.07, 6.45) is 5.88. The standard InChI is InChI=1S/C35H49N5O8/c1-34(2,3)48-32(45)36-26-14-10-8-6-7-9-13-23-19-35(23,31(43)44)37-29(41)28-18-24(21-40(28)30(26)42)47-33(46)39-17-16-25-22(20-39)12-11-15-27(25)38(4)5/h9,11-13,15,23-24,26,28H,6-8,10,14,16-21H2,1-5H3,(H,36,45)(H,37,41)(H,43,44)/t23-,24-,26+,28+,35-/m1/s1. The molecule has 0 unspecified atom stereocenters. The van der Waals surface area contributed by atoms with Gasteiger partial charge in [-0.3, -0.25) is 9.59 Å². The van der Waals surface area contributed by atoms with Gasteiger partial charge in [0.1, 0.15) is 29.3 Å². The van der Waals surface area contributed by atoms with Crippen molar-refractivity contribution in [2.24, 2.45) is 5.92 Å². The highest BCUT2D eigenvalue weighted by molar-refractivity contribution is 5.96. The van der Waals surface area contributed by atoms with Crippen LogP contribution in [0.15, 0.2) is 30.4 Å². The van der Waals surface area contributed by atoms with Gasteiger partial charge in [0.15, 0.2) is 0 Å². The van der Waals surface area contributed by atoms with E-state index in [1.807, 2.05) is 49.3 Å². The molecule has 13 nitrogen and oxygen atoms in total. The quantitative estimate of drug-likeness (QED) is 0.408. The number of carbonyl (C=O) groups is 5. The number of carboxylic acid groups (broad SMARTS) is 1. The summed E-state index contributed by atoms with van der Waals surface area (Å²) >= 11 is 0. The van der Waals surface area contributed by atoms with E-state index >= 15 is 0 Å². The fourth-order valence-corrected chi connectivity index (χ4v) is 6.98. The highest BCUT2D eigenvalue weighted by Gasteiger charge is 2.61. The van der Waals surface area contributed by atoms with Gasteiger partial charge >= 0.3 is 18.2 Å². The van der Waals surface area contributed by atoms with Gasteiger partial charge in [-0.2, -0.15) is 0 Å². The molecule has 0 aromatic heterocycles. The molecule has 1 aromatic carbocycles. The Bertz CT molecular complexity index is 1450. The molecule has 4 aliphatic rings. The van der Waals surface area contributed by atoms with E-state index in [1.54, 1.807) is 25.7 Å². The van der Waals surface area contributed by atoms with Crippen molar-refractivity contribution in [3.05, 3.63) is 41.5 Å². The van der Waals surface area contributed by atoms with Gasteiger partial charge in [0.25, 0.3) is 0 Å². The molecule has 3 heterocycles. The first kappa shape index (κ1) is 35.0. The smallest absolute Gasteiger partial charge is 0.410 e. The normalized spacial score (nSPS) is 27.7. The topological polar surface area (TPSA) is 158 Å². The number of benzene rings is 1. The lowest BCUT2D eigenvalue weighted by Crippen LogP contribution is -2.56. The van der Waals surface area contributed by atoms with Gasteiger partial charge in [-0.05, 0) is 70.1 Å². The molecule has 1 aromatic rings. The van der Waals surface area contributed by atoms with E-state index in [9.17, 15) is 29.1 Å². The molecule has 1 saturated heterocycles. The predicted molar refractivity (Wildman–Crippen MR) is 177 cm³/mol. The monoisotopic (exact) mass is 667 g/mol. The van der Waals surface area contributed by atoms with E-state index in [0.717, 1.165) is 30.5 Å². The number of alkyl carbamates (subject to hydrolysis) is 1. The van der Waals surface area contributed by atoms with Crippen LogP contribution in [0.5, 0.6) is 0 Å². The lowest BCUT2D eigenvalue weighted by Gasteiger charge is -2.31. The second-order valence-electron chi connectivity index (χ2n) is 14.6. The molecule has 2 fully saturated rings. The van der Waals surface area contributed by atoms with Gasteiger partial charge < -0.3 is 39.9 Å². The van der Waals surface area contributed by atoms with Crippen molar-refractivity contribution in [1.82, 2.24) is 20.4 Å². The van der Waals surface area contributed by atoms with Gasteiger partial charge in [-0.25, -0.2) is 14.4 Å². The summed E-state index contributed by atoms with van der Waals surface area (Å²) in [7, 11) is 3.97. The van der Waals surface area contributed by atoms with Crippen LogP contribution < -0.4 is 15.5 Å². The van der Waals surface area contributed by atoms with Crippen LogP contribution in [0.25, 0.3) is 0 Å². The number of rotatable bonds is 4. The zero-order valence-electron chi connectivity index (χ0n) is 28.6. The fourth-order valence-electron chi connectivity index (χ4n) is 6.98. The molecule has 262 valence electrons. The molecule has 1 aliphatic carbocycles. The van der Waals surface area contributed by atoms with E-state index in [0.29, 0.717) is 32.4 Å². The van der Waals surface area contributed by atoms with Crippen LogP contribution in [0.3, 0.4) is 0 Å². The highest BCUT2D eigenvalue weighted by Crippen LogP contribution is 2.45. The first-order valence-corrected chi connectivity index (χ1v) is 16.9. The number of anilines is 1. The third-order valence-corrected chi connectivity index (χ3v) is 9.56. The van der Waals surface area contributed by atoms with E-state index < -0.39 is 59.3 Å². The average Bonchev–Trinajstić information content (AvgIpc) is 3.55. The predicted octanol–water partition coefficient (Wildman–Crippen LogP) is 3.59. The number of carboxylic acids is 1. The number of nitrogens with zero attached hydrogens (tertiary/aromatic N) is 3. The van der Waals surface area contributed by atoms with Gasteiger partial charge in [0.05, 0.1) is 6.54 Å². The molecule has 3 aliphatic heterocycles. The number of ether oxygens (including phenoxy) is 2. The summed E-state index contributed by atoms with van der Waals surface area (Å²) in [5.41, 5.74) is 1.07. The van der Waals surface area contributed by atoms with E-state index in [4.69, 9.17) is 9.47 Å². The molecule has 0 bridgehead atoms. The van der Waals surface area contributed by atoms with Gasteiger partial charge in [-0.1, -0.05) is 37.1 Å². The first-order valence-electron chi connectivity index (χ1n) is 16.9. The molecule has 1 saturated carbocycles. The van der Waals surface area contributed by atoms with Gasteiger partial charge in [0, 0.05) is 45.2 Å². The van der Waals surface area contributed by atoms with Crippen LogP contribution in [0, 0.1) is 5.92 Å². The Morgan fingerprint density at radius 2 is 1.90 bits per heavy atom. The van der Waals surface area contributed by atoms with Gasteiger partial charge in [-0.15, -0.1) is 0 Å². The van der Waals surface area contributed by atoms with Crippen molar-refractivity contribution in [1.29, 1.82) is 0 Å². The molecular weight excluding hydrogens is 618 g/mol. The van der Waals surface area contributed by atoms with Crippen LogP contribution in [-0.2, 0) is 36.8 Å². The fraction of sp³-hybridized carbons (Fsp3) is 0.629. The molecule has 0 spiro atoms. The summed E-state index contributed by atoms with van der Waals surface area (Å²) in [6.45, 7) is 5.92. The summed E-state index contributed by atoms with van der Waals surface area (Å²) in [6, 6.07) is 3.91. The van der Waals surface area contributed by atoms with Crippen molar-refractivity contribution < 1.29 is 38.6 Å². The van der Waals surface area contributed by atoms with Crippen LogP contribution in [-0.4, -0.2) is 101 Å². The maximum Gasteiger partial charge on any atom is 0.410 e. The van der Waals surface area contributed by atoms with Crippen LogP contribution >= 0.6 is 0 Å². The molecule has 5 rings (SSSR count). The van der Waals surface area contributed by atoms with Crippen molar-refractivity contribution in [2.45, 2.75) is 108 Å². The molecule has 3 N–H and O–H groups in total. The largest absolute Gasteiger partial charge is 0.479 e. The minimum absolute atomic E-state index is 0.00607. The molecular formula is C35H49N5O8. The van der Waals surface area contributed by atoms with E-state index in [1.165, 1.54) is 10.5 Å². The number of hydrogen-bond acceptors (Lipinski definition) is 8. The Balaban J connectivity index is 1.36. The van der Waals surface area contributed by atoms with Crippen LogP contribution in [0.2, 0.25) is 0 Å². The highest BCUT2D eigenvalue weighted by atomic mass is 16.6. The van der Waals surface area contributed by atoms with Crippen molar-refractivity contribution in [3.63, 3.8) is 0 Å². The molecule has 4 amide bonds. The average molecular weight is 668 g/mol. The Labute approximate surface area is 282 Å². The number of carbonyl (C=O) groups excluding carboxylic acids is 4. The third-order valence-electron chi connectivity index (χ3n) is 9.56. The molecule has 5 atom stereocenters. The summed E-state index contributed by atoms with van der Waals surface area (Å²) in [4.78, 5) is 71.6. The molecule has 13 heteroatoms. The van der Waals surface area contributed by atoms with Crippen molar-refractivity contribution in [3.8, 4) is 0 Å². The Morgan fingerprint density at radius 1 is 1.12 bits per heavy atom. The number of allylic oxidation sites excluding steroid dienone is 1. The van der Waals surface area contributed by atoms with Crippen molar-refractivity contribution >= 4 is 35.7 Å². The Hall–Kier alpha value is -4.29. The Morgan fingerprint density at radius 3 is 2.60 bits per heavy atom. The SMILES string of the molecule is CN(C)c1cccc2c1CCN(C(=O)O[C@@H]1C[C@H]3C(=O)N[C@]4(C(=O)O)C[C@H]4C=CCCCCC[C@H](NC(=O)OC(C)(C)C)C(=O)N3C1)C2. The summed E-state index contributed by atoms with van der Waals surface area (Å²) < 4.78 is 11.4. The van der Waals surface area contributed by atoms with Crippen molar-refractivity contribution in [2.75, 3.05) is 32.1 Å². The minimum atomic E-state index is -1.46. The molecule has 48 heavy (non-hydrogen) atoms. The third kappa shape index (κ3) is 7.87. The zero-order valence-corrected chi connectivity index (χ0v) is 28.6. The second-order valence-corrected chi connectivity index (χ2v) is 14.6. The number of hydrogen-bond donors (Lipinski definition) is 3. The van der Waals surface area contributed by atoms with Crippen LogP contribution in [0.1, 0.15) is 76.8 Å². The molecule has 0 radical (unpaired) electrons. The van der Waals surface area contributed by atoms with E-state index in [-0.39, 0.29) is 25.3 Å². The number of amides is 4. The zero-order chi connectivity index (χ0) is 34.8. The van der Waals surface area contributed by atoms with Gasteiger partial charge in [0.2, 0.25) is 11.8 Å². The first-order chi connectivity index (χ1) is 22.7. The second kappa shape index (κ2) is 14.1. The number of fused-ring (bicyclic) bond motifs is 3. The summed E-state index contributed by atoms with van der Waals surface area (Å²) in [5, 5.41) is 15.5.